The number of allylic oxidation sites excluding steroid dienone is 6. The topological polar surface area (TPSA) is 149 Å². The molecule has 1 aliphatic heterocycles. The van der Waals surface area contributed by atoms with Crippen molar-refractivity contribution in [3.05, 3.63) is 36.5 Å². The predicted molar refractivity (Wildman–Crippen MR) is 263 cm³/mol. The lowest BCUT2D eigenvalue weighted by Gasteiger charge is -2.40. The zero-order valence-electron chi connectivity index (χ0n) is 40.8. The number of hydrogen-bond acceptors (Lipinski definition) is 8. The summed E-state index contributed by atoms with van der Waals surface area (Å²) < 4.78 is 11.3. The van der Waals surface area contributed by atoms with Gasteiger partial charge in [-0.1, -0.05) is 230 Å². The third kappa shape index (κ3) is 34.4. The molecule has 0 radical (unpaired) electrons. The van der Waals surface area contributed by atoms with Gasteiger partial charge >= 0.3 is 0 Å². The van der Waals surface area contributed by atoms with Gasteiger partial charge in [0.05, 0.1) is 25.4 Å². The molecule has 7 unspecified atom stereocenters. The lowest BCUT2D eigenvalue weighted by molar-refractivity contribution is -0.302. The molecule has 1 saturated heterocycles. The molecular weight excluding hydrogens is 791 g/mol. The van der Waals surface area contributed by atoms with E-state index in [1.807, 2.05) is 0 Å². The van der Waals surface area contributed by atoms with Crippen molar-refractivity contribution in [2.45, 2.75) is 288 Å². The SMILES string of the molecule is CC/C=C\C/C=C\C/C=C\CCCCCC(=O)NC(COC1OC(CO)C(O)C(O)C1O)C(O)CCCCCCCCCCCCCCCCCCCCCCCCCCCCC. The summed E-state index contributed by atoms with van der Waals surface area (Å²) >= 11 is 0. The summed E-state index contributed by atoms with van der Waals surface area (Å²) in [5, 5.41) is 54.5. The number of aliphatic hydroxyl groups is 5. The number of hydrogen-bond donors (Lipinski definition) is 6. The molecule has 6 N–H and O–H groups in total. The summed E-state index contributed by atoms with van der Waals surface area (Å²) in [4.78, 5) is 13.0. The molecule has 0 aromatic carbocycles. The van der Waals surface area contributed by atoms with Gasteiger partial charge in [-0.15, -0.1) is 0 Å². The Kier molecular flexibility index (Phi) is 41.7. The van der Waals surface area contributed by atoms with E-state index < -0.39 is 49.5 Å². The Morgan fingerprint density at radius 2 is 0.984 bits per heavy atom. The molecule has 0 bridgehead atoms. The summed E-state index contributed by atoms with van der Waals surface area (Å²) in [5.74, 6) is -0.172. The maximum Gasteiger partial charge on any atom is 0.220 e. The number of carbonyl (C=O) groups is 1. The van der Waals surface area contributed by atoms with Gasteiger partial charge in [0, 0.05) is 6.42 Å². The van der Waals surface area contributed by atoms with Crippen LogP contribution < -0.4 is 5.32 Å². The van der Waals surface area contributed by atoms with Gasteiger partial charge in [-0.3, -0.25) is 4.79 Å². The average Bonchev–Trinajstić information content (AvgIpc) is 3.28. The molecule has 0 aromatic heterocycles. The van der Waals surface area contributed by atoms with Crippen LogP contribution in [0, 0.1) is 0 Å². The molecule has 1 rings (SSSR count). The second-order valence-corrected chi connectivity index (χ2v) is 18.6. The van der Waals surface area contributed by atoms with E-state index in [9.17, 15) is 30.3 Å². The average molecular weight is 892 g/mol. The molecule has 0 aliphatic carbocycles. The number of ether oxygens (including phenoxy) is 2. The van der Waals surface area contributed by atoms with Crippen molar-refractivity contribution in [2.75, 3.05) is 13.2 Å². The summed E-state index contributed by atoms with van der Waals surface area (Å²) in [6, 6.07) is -0.734. The first-order chi connectivity index (χ1) is 30.8. The van der Waals surface area contributed by atoms with Crippen molar-refractivity contribution in [2.24, 2.45) is 0 Å². The lowest BCUT2D eigenvalue weighted by Crippen LogP contribution is -2.60. The Labute approximate surface area is 387 Å². The van der Waals surface area contributed by atoms with Gasteiger partial charge in [-0.2, -0.15) is 0 Å². The molecule has 1 amide bonds. The Morgan fingerprint density at radius 3 is 1.44 bits per heavy atom. The molecule has 0 spiro atoms. The first-order valence-electron chi connectivity index (χ1n) is 26.7. The van der Waals surface area contributed by atoms with Crippen LogP contribution in [0.4, 0.5) is 0 Å². The Bertz CT molecular complexity index is 1080. The summed E-state index contributed by atoms with van der Waals surface area (Å²) in [6.45, 7) is 3.72. The monoisotopic (exact) mass is 892 g/mol. The standard InChI is InChI=1S/C54H101NO8/c1-3-5-7-9-11-13-15-17-18-19-20-21-22-23-24-25-26-27-28-29-30-32-33-35-37-39-41-43-48(57)47(46-62-54-53(61)52(60)51(59)49(45-56)63-54)55-50(58)44-42-40-38-36-34-31-16-14-12-10-8-6-4-2/h6,8,12,14,31,34,47-49,51-54,56-57,59-61H,3-5,7,9-11,13,15-30,32-33,35-46H2,1-2H3,(H,55,58)/b8-6-,14-12-,34-31-. The maximum atomic E-state index is 13.0. The number of aliphatic hydroxyl groups excluding tert-OH is 5. The van der Waals surface area contributed by atoms with Gasteiger partial charge in [-0.25, -0.2) is 0 Å². The fourth-order valence-corrected chi connectivity index (χ4v) is 8.53. The Morgan fingerprint density at radius 1 is 0.556 bits per heavy atom. The van der Waals surface area contributed by atoms with E-state index in [2.05, 4.69) is 55.6 Å². The molecule has 1 heterocycles. The van der Waals surface area contributed by atoms with Gasteiger partial charge in [0.1, 0.15) is 24.4 Å². The third-order valence-electron chi connectivity index (χ3n) is 12.8. The number of nitrogens with one attached hydrogen (secondary N) is 1. The highest BCUT2D eigenvalue weighted by molar-refractivity contribution is 5.76. The first kappa shape index (κ1) is 59.4. The van der Waals surface area contributed by atoms with Crippen LogP contribution in [0.1, 0.15) is 245 Å². The molecule has 9 nitrogen and oxygen atoms in total. The van der Waals surface area contributed by atoms with Crippen molar-refractivity contribution < 1.29 is 39.8 Å². The first-order valence-corrected chi connectivity index (χ1v) is 26.7. The van der Waals surface area contributed by atoms with E-state index in [0.29, 0.717) is 12.8 Å². The van der Waals surface area contributed by atoms with Gasteiger partial charge < -0.3 is 40.3 Å². The van der Waals surface area contributed by atoms with Crippen molar-refractivity contribution in [3.8, 4) is 0 Å². The van der Waals surface area contributed by atoms with E-state index in [-0.39, 0.29) is 12.5 Å². The second-order valence-electron chi connectivity index (χ2n) is 18.6. The number of rotatable bonds is 45. The van der Waals surface area contributed by atoms with Crippen molar-refractivity contribution >= 4 is 5.91 Å². The summed E-state index contributed by atoms with van der Waals surface area (Å²) in [5.41, 5.74) is 0. The van der Waals surface area contributed by atoms with Crippen LogP contribution in [0.25, 0.3) is 0 Å². The van der Waals surface area contributed by atoms with Crippen LogP contribution in [0.5, 0.6) is 0 Å². The molecule has 1 fully saturated rings. The van der Waals surface area contributed by atoms with Crippen molar-refractivity contribution in [1.82, 2.24) is 5.32 Å². The van der Waals surface area contributed by atoms with Crippen LogP contribution in [0.3, 0.4) is 0 Å². The number of unbranched alkanes of at least 4 members (excludes halogenated alkanes) is 29. The fraction of sp³-hybridized carbons (Fsp3) is 0.870. The molecule has 7 atom stereocenters. The van der Waals surface area contributed by atoms with Gasteiger partial charge in [0.15, 0.2) is 6.29 Å². The number of carbonyl (C=O) groups excluding carboxylic acids is 1. The summed E-state index contributed by atoms with van der Waals surface area (Å²) in [6.07, 6.45) is 49.0. The van der Waals surface area contributed by atoms with Crippen LogP contribution in [-0.2, 0) is 14.3 Å². The minimum absolute atomic E-state index is 0.150. The molecule has 9 heteroatoms. The van der Waals surface area contributed by atoms with Crippen LogP contribution in [0.15, 0.2) is 36.5 Å². The maximum absolute atomic E-state index is 13.0. The van der Waals surface area contributed by atoms with E-state index in [4.69, 9.17) is 9.47 Å². The van der Waals surface area contributed by atoms with Crippen molar-refractivity contribution in [3.63, 3.8) is 0 Å². The second kappa shape index (κ2) is 44.3. The Hall–Kier alpha value is -1.59. The van der Waals surface area contributed by atoms with E-state index in [1.165, 1.54) is 154 Å². The lowest BCUT2D eigenvalue weighted by atomic mass is 9.99. The molecular formula is C54H101NO8. The normalized spacial score (nSPS) is 20.4. The quantitative estimate of drug-likeness (QED) is 0.0261. The zero-order valence-corrected chi connectivity index (χ0v) is 40.8. The molecule has 63 heavy (non-hydrogen) atoms. The minimum atomic E-state index is -1.56. The number of amides is 1. The van der Waals surface area contributed by atoms with E-state index in [1.54, 1.807) is 0 Å². The van der Waals surface area contributed by atoms with E-state index >= 15 is 0 Å². The smallest absolute Gasteiger partial charge is 0.220 e. The zero-order chi connectivity index (χ0) is 45.9. The largest absolute Gasteiger partial charge is 0.394 e. The van der Waals surface area contributed by atoms with Gasteiger partial charge in [0.2, 0.25) is 5.91 Å². The highest BCUT2D eigenvalue weighted by Gasteiger charge is 2.44. The molecule has 370 valence electrons. The molecule has 0 saturated carbocycles. The highest BCUT2D eigenvalue weighted by Crippen LogP contribution is 2.23. The third-order valence-corrected chi connectivity index (χ3v) is 12.8. The fourth-order valence-electron chi connectivity index (χ4n) is 8.53. The minimum Gasteiger partial charge on any atom is -0.394 e. The van der Waals surface area contributed by atoms with Crippen molar-refractivity contribution in [1.29, 1.82) is 0 Å². The summed E-state index contributed by atoms with van der Waals surface area (Å²) in [7, 11) is 0. The van der Waals surface area contributed by atoms with Crippen LogP contribution >= 0.6 is 0 Å². The van der Waals surface area contributed by atoms with Crippen LogP contribution in [0.2, 0.25) is 0 Å². The highest BCUT2D eigenvalue weighted by atomic mass is 16.7. The van der Waals surface area contributed by atoms with E-state index in [0.717, 1.165) is 64.2 Å². The predicted octanol–water partition coefficient (Wildman–Crippen LogP) is 12.4. The van der Waals surface area contributed by atoms with Gasteiger partial charge in [0.25, 0.3) is 0 Å². The van der Waals surface area contributed by atoms with Crippen LogP contribution in [-0.4, -0.2) is 87.5 Å². The molecule has 1 aliphatic rings. The van der Waals surface area contributed by atoms with Gasteiger partial charge in [-0.05, 0) is 44.9 Å². The molecule has 0 aromatic rings. The Balaban J connectivity index is 2.19.